The standard InChI is InChI=1S/C10H14F3N3O2/c11-10(12,13)6-17-5-8-15-9(18-16-8)7-3-1-2-4-14-7/h7,14H,1-6H2/t7-/m0/s1. The normalized spacial score (nSPS) is 21.2. The average Bonchev–Trinajstić information content (AvgIpc) is 2.77. The summed E-state index contributed by atoms with van der Waals surface area (Å²) in [7, 11) is 0. The lowest BCUT2D eigenvalue weighted by Crippen LogP contribution is -2.27. The summed E-state index contributed by atoms with van der Waals surface area (Å²) in [6, 6.07) is 0.00242. The maximum atomic E-state index is 11.9. The molecule has 1 N–H and O–H groups in total. The monoisotopic (exact) mass is 265 g/mol. The predicted octanol–water partition coefficient (Wildman–Crippen LogP) is 1.96. The Hall–Kier alpha value is -1.15. The van der Waals surface area contributed by atoms with Gasteiger partial charge in [-0.1, -0.05) is 11.6 Å². The second-order valence-corrected chi connectivity index (χ2v) is 4.16. The van der Waals surface area contributed by atoms with Gasteiger partial charge in [-0.25, -0.2) is 0 Å². The van der Waals surface area contributed by atoms with E-state index >= 15 is 0 Å². The summed E-state index contributed by atoms with van der Waals surface area (Å²) < 4.78 is 45.0. The smallest absolute Gasteiger partial charge is 0.364 e. The molecule has 2 rings (SSSR count). The van der Waals surface area contributed by atoms with Gasteiger partial charge in [0.05, 0.1) is 6.04 Å². The first kappa shape index (κ1) is 13.3. The molecule has 102 valence electrons. The van der Waals surface area contributed by atoms with Crippen molar-refractivity contribution in [3.63, 3.8) is 0 Å². The van der Waals surface area contributed by atoms with Crippen LogP contribution in [0.5, 0.6) is 0 Å². The van der Waals surface area contributed by atoms with Crippen molar-refractivity contribution >= 4 is 0 Å². The molecule has 5 nitrogen and oxygen atoms in total. The Bertz CT molecular complexity index is 375. The van der Waals surface area contributed by atoms with Gasteiger partial charge in [0.25, 0.3) is 0 Å². The molecule has 0 bridgehead atoms. The lowest BCUT2D eigenvalue weighted by Gasteiger charge is -2.19. The molecule has 0 amide bonds. The van der Waals surface area contributed by atoms with E-state index in [1.165, 1.54) is 0 Å². The van der Waals surface area contributed by atoms with Gasteiger partial charge < -0.3 is 14.6 Å². The Kier molecular flexibility index (Phi) is 4.18. The van der Waals surface area contributed by atoms with Crippen LogP contribution in [-0.4, -0.2) is 29.5 Å². The summed E-state index contributed by atoms with van der Waals surface area (Å²) >= 11 is 0. The molecule has 0 spiro atoms. The predicted molar refractivity (Wildman–Crippen MR) is 54.6 cm³/mol. The molecular formula is C10H14F3N3O2. The second-order valence-electron chi connectivity index (χ2n) is 4.16. The van der Waals surface area contributed by atoms with Gasteiger partial charge >= 0.3 is 6.18 Å². The lowest BCUT2D eigenvalue weighted by molar-refractivity contribution is -0.177. The van der Waals surface area contributed by atoms with Crippen LogP contribution in [-0.2, 0) is 11.3 Å². The van der Waals surface area contributed by atoms with Gasteiger partial charge in [-0.2, -0.15) is 18.2 Å². The maximum absolute atomic E-state index is 11.9. The third-order valence-electron chi connectivity index (χ3n) is 2.59. The van der Waals surface area contributed by atoms with Crippen LogP contribution < -0.4 is 5.32 Å². The first-order valence-electron chi connectivity index (χ1n) is 5.75. The summed E-state index contributed by atoms with van der Waals surface area (Å²) in [4.78, 5) is 4.02. The molecule has 0 aliphatic carbocycles. The van der Waals surface area contributed by atoms with Gasteiger partial charge in [0.2, 0.25) is 5.89 Å². The summed E-state index contributed by atoms with van der Waals surface area (Å²) in [5, 5.41) is 6.80. The SMILES string of the molecule is FC(F)(F)COCc1noc([C@@H]2CCCCN2)n1. The molecule has 1 aliphatic heterocycles. The fourth-order valence-electron chi connectivity index (χ4n) is 1.79. The van der Waals surface area contributed by atoms with Crippen LogP contribution in [0.1, 0.15) is 37.0 Å². The van der Waals surface area contributed by atoms with Crippen molar-refractivity contribution < 1.29 is 22.4 Å². The zero-order chi connectivity index (χ0) is 13.0. The summed E-state index contributed by atoms with van der Waals surface area (Å²) in [6.45, 7) is -0.721. The van der Waals surface area contributed by atoms with E-state index in [-0.39, 0.29) is 18.5 Å². The van der Waals surface area contributed by atoms with E-state index in [4.69, 9.17) is 4.52 Å². The van der Waals surface area contributed by atoms with E-state index in [0.717, 1.165) is 25.8 Å². The number of alkyl halides is 3. The van der Waals surface area contributed by atoms with Gasteiger partial charge in [-0.15, -0.1) is 0 Å². The van der Waals surface area contributed by atoms with E-state index in [1.807, 2.05) is 0 Å². The molecule has 2 heterocycles. The average molecular weight is 265 g/mol. The number of piperidine rings is 1. The topological polar surface area (TPSA) is 60.2 Å². The van der Waals surface area contributed by atoms with Gasteiger partial charge in [-0.3, -0.25) is 0 Å². The molecule has 18 heavy (non-hydrogen) atoms. The number of aromatic nitrogens is 2. The quantitative estimate of drug-likeness (QED) is 0.901. The maximum Gasteiger partial charge on any atom is 0.411 e. The molecule has 1 atom stereocenters. The van der Waals surface area contributed by atoms with Crippen molar-refractivity contribution in [3.05, 3.63) is 11.7 Å². The molecule has 0 unspecified atom stereocenters. The highest BCUT2D eigenvalue weighted by molar-refractivity contribution is 4.93. The number of hydrogen-bond acceptors (Lipinski definition) is 5. The highest BCUT2D eigenvalue weighted by Gasteiger charge is 2.28. The zero-order valence-corrected chi connectivity index (χ0v) is 9.66. The molecule has 1 fully saturated rings. The zero-order valence-electron chi connectivity index (χ0n) is 9.66. The van der Waals surface area contributed by atoms with Crippen molar-refractivity contribution in [2.45, 2.75) is 38.1 Å². The van der Waals surface area contributed by atoms with E-state index in [0.29, 0.717) is 5.89 Å². The van der Waals surface area contributed by atoms with E-state index in [1.54, 1.807) is 0 Å². The van der Waals surface area contributed by atoms with Gasteiger partial charge in [0.1, 0.15) is 13.2 Å². The second kappa shape index (κ2) is 5.66. The molecule has 1 aromatic rings. The number of nitrogens with one attached hydrogen (secondary N) is 1. The van der Waals surface area contributed by atoms with E-state index in [2.05, 4.69) is 20.2 Å². The fourth-order valence-corrected chi connectivity index (χ4v) is 1.79. The van der Waals surface area contributed by atoms with Gasteiger partial charge in [0, 0.05) is 0 Å². The van der Waals surface area contributed by atoms with Crippen molar-refractivity contribution in [3.8, 4) is 0 Å². The third-order valence-corrected chi connectivity index (χ3v) is 2.59. The minimum atomic E-state index is -4.34. The molecule has 1 saturated heterocycles. The summed E-state index contributed by atoms with van der Waals surface area (Å²) in [5.74, 6) is 0.557. The van der Waals surface area contributed by atoms with Crippen LogP contribution in [0.3, 0.4) is 0 Å². The number of halogens is 3. The molecule has 8 heteroatoms. The molecular weight excluding hydrogens is 251 g/mol. The first-order chi connectivity index (χ1) is 8.54. The number of nitrogens with zero attached hydrogens (tertiary/aromatic N) is 2. The fraction of sp³-hybridized carbons (Fsp3) is 0.800. The lowest BCUT2D eigenvalue weighted by atomic mass is 10.1. The molecule has 0 saturated carbocycles. The van der Waals surface area contributed by atoms with Crippen LogP contribution in [0, 0.1) is 0 Å². The van der Waals surface area contributed by atoms with Gasteiger partial charge in [-0.05, 0) is 19.4 Å². The molecule has 1 aromatic heterocycles. The molecule has 0 radical (unpaired) electrons. The first-order valence-corrected chi connectivity index (χ1v) is 5.75. The van der Waals surface area contributed by atoms with Crippen molar-refractivity contribution in [2.75, 3.05) is 13.2 Å². The minimum Gasteiger partial charge on any atom is -0.364 e. The van der Waals surface area contributed by atoms with Crippen LogP contribution in [0.2, 0.25) is 0 Å². The Morgan fingerprint density at radius 2 is 2.22 bits per heavy atom. The van der Waals surface area contributed by atoms with Crippen LogP contribution in [0.15, 0.2) is 4.52 Å². The van der Waals surface area contributed by atoms with Crippen molar-refractivity contribution in [1.82, 2.24) is 15.5 Å². The number of rotatable bonds is 4. The molecule has 1 aliphatic rings. The highest BCUT2D eigenvalue weighted by Crippen LogP contribution is 2.21. The van der Waals surface area contributed by atoms with Crippen LogP contribution >= 0.6 is 0 Å². The molecule has 0 aromatic carbocycles. The Labute approximate surface area is 102 Å². The Balaban J connectivity index is 1.82. The van der Waals surface area contributed by atoms with E-state index in [9.17, 15) is 13.2 Å². The third kappa shape index (κ3) is 3.95. The van der Waals surface area contributed by atoms with Gasteiger partial charge in [0.15, 0.2) is 5.82 Å². The summed E-state index contributed by atoms with van der Waals surface area (Å²) in [5.41, 5.74) is 0. The summed E-state index contributed by atoms with van der Waals surface area (Å²) in [6.07, 6.45) is -1.27. The van der Waals surface area contributed by atoms with Crippen molar-refractivity contribution in [2.24, 2.45) is 0 Å². The number of ether oxygens (including phenoxy) is 1. The minimum absolute atomic E-state index is 0.00242. The Morgan fingerprint density at radius 1 is 1.39 bits per heavy atom. The largest absolute Gasteiger partial charge is 0.411 e. The van der Waals surface area contributed by atoms with Crippen LogP contribution in [0.25, 0.3) is 0 Å². The highest BCUT2D eigenvalue weighted by atomic mass is 19.4. The van der Waals surface area contributed by atoms with Crippen molar-refractivity contribution in [1.29, 1.82) is 0 Å². The Morgan fingerprint density at radius 3 is 2.89 bits per heavy atom. The number of hydrogen-bond donors (Lipinski definition) is 1. The van der Waals surface area contributed by atoms with Crippen LogP contribution in [0.4, 0.5) is 13.2 Å². The van der Waals surface area contributed by atoms with E-state index < -0.39 is 12.8 Å².